The summed E-state index contributed by atoms with van der Waals surface area (Å²) in [6, 6.07) is 15.2. The predicted molar refractivity (Wildman–Crippen MR) is 111 cm³/mol. The highest BCUT2D eigenvalue weighted by molar-refractivity contribution is 6.02. The van der Waals surface area contributed by atoms with Crippen molar-refractivity contribution in [3.05, 3.63) is 72.2 Å². The van der Waals surface area contributed by atoms with E-state index in [0.717, 1.165) is 11.4 Å². The summed E-state index contributed by atoms with van der Waals surface area (Å²) in [7, 11) is 1.60. The highest BCUT2D eigenvalue weighted by Gasteiger charge is 2.18. The van der Waals surface area contributed by atoms with Gasteiger partial charge in [-0.05, 0) is 41.3 Å². The number of hydrogen-bond donors (Lipinski definition) is 2. The smallest absolute Gasteiger partial charge is 0.275 e. The largest absolute Gasteiger partial charge is 0.497 e. The summed E-state index contributed by atoms with van der Waals surface area (Å²) in [6.07, 6.45) is 3.02. The fourth-order valence-electron chi connectivity index (χ4n) is 2.76. The second-order valence-corrected chi connectivity index (χ2v) is 7.39. The third kappa shape index (κ3) is 4.65. The van der Waals surface area contributed by atoms with E-state index in [4.69, 9.17) is 4.74 Å². The molecule has 3 rings (SSSR count). The summed E-state index contributed by atoms with van der Waals surface area (Å²) < 4.78 is 5.11. The molecule has 0 atom stereocenters. The van der Waals surface area contributed by atoms with Gasteiger partial charge in [-0.3, -0.25) is 4.79 Å². The Bertz CT molecular complexity index is 946. The number of rotatable bonds is 5. The molecule has 0 fully saturated rings. The zero-order chi connectivity index (χ0) is 20.1. The fourth-order valence-corrected chi connectivity index (χ4v) is 2.76. The van der Waals surface area contributed by atoms with Crippen molar-refractivity contribution in [1.82, 2.24) is 9.97 Å². The number of para-hydroxylation sites is 1. The van der Waals surface area contributed by atoms with E-state index >= 15 is 0 Å². The predicted octanol–water partition coefficient (Wildman–Crippen LogP) is 4.78. The Hall–Kier alpha value is -3.41. The molecule has 144 valence electrons. The number of ether oxygens (including phenoxy) is 1. The first-order chi connectivity index (χ1) is 13.4. The van der Waals surface area contributed by atoms with E-state index in [0.29, 0.717) is 11.5 Å². The first-order valence-electron chi connectivity index (χ1n) is 9.01. The van der Waals surface area contributed by atoms with Gasteiger partial charge in [-0.15, -0.1) is 0 Å². The van der Waals surface area contributed by atoms with Crippen LogP contribution in [0.4, 0.5) is 17.2 Å². The molecule has 1 aromatic heterocycles. The highest BCUT2D eigenvalue weighted by atomic mass is 16.5. The van der Waals surface area contributed by atoms with E-state index in [1.165, 1.54) is 11.8 Å². The maximum absolute atomic E-state index is 12.4. The van der Waals surface area contributed by atoms with Crippen LogP contribution in [-0.2, 0) is 5.41 Å². The van der Waals surface area contributed by atoms with Crippen molar-refractivity contribution >= 4 is 23.1 Å². The molecule has 0 aliphatic carbocycles. The summed E-state index contributed by atoms with van der Waals surface area (Å²) >= 11 is 0. The Morgan fingerprint density at radius 3 is 2.29 bits per heavy atom. The van der Waals surface area contributed by atoms with Crippen LogP contribution in [0.1, 0.15) is 36.8 Å². The molecule has 0 unspecified atom stereocenters. The molecule has 2 aromatic carbocycles. The van der Waals surface area contributed by atoms with Gasteiger partial charge in [-0.25, -0.2) is 9.97 Å². The average Bonchev–Trinajstić information content (AvgIpc) is 2.69. The molecule has 0 spiro atoms. The van der Waals surface area contributed by atoms with Crippen LogP contribution in [0.5, 0.6) is 5.75 Å². The number of methoxy groups -OCH3 is 1. The molecule has 6 nitrogen and oxygen atoms in total. The van der Waals surface area contributed by atoms with Gasteiger partial charge in [0.25, 0.3) is 5.91 Å². The number of benzene rings is 2. The maximum atomic E-state index is 12.4. The van der Waals surface area contributed by atoms with Crippen molar-refractivity contribution in [3.63, 3.8) is 0 Å². The van der Waals surface area contributed by atoms with Crippen molar-refractivity contribution in [1.29, 1.82) is 0 Å². The summed E-state index contributed by atoms with van der Waals surface area (Å²) in [6.45, 7) is 6.48. The van der Waals surface area contributed by atoms with Crippen molar-refractivity contribution in [2.45, 2.75) is 26.2 Å². The molecule has 1 heterocycles. The molecule has 0 saturated heterocycles. The summed E-state index contributed by atoms with van der Waals surface area (Å²) in [5, 5.41) is 6.08. The molecule has 1 amide bonds. The third-order valence-electron chi connectivity index (χ3n) is 4.23. The molecule has 6 heteroatoms. The van der Waals surface area contributed by atoms with Gasteiger partial charge in [-0.1, -0.05) is 39.0 Å². The van der Waals surface area contributed by atoms with Crippen molar-refractivity contribution in [3.8, 4) is 5.75 Å². The quantitative estimate of drug-likeness (QED) is 0.670. The van der Waals surface area contributed by atoms with Crippen molar-refractivity contribution in [2.24, 2.45) is 0 Å². The molecule has 0 radical (unpaired) electrons. The van der Waals surface area contributed by atoms with E-state index in [-0.39, 0.29) is 17.0 Å². The van der Waals surface area contributed by atoms with E-state index in [9.17, 15) is 4.79 Å². The van der Waals surface area contributed by atoms with Crippen LogP contribution in [0.3, 0.4) is 0 Å². The third-order valence-corrected chi connectivity index (χ3v) is 4.23. The van der Waals surface area contributed by atoms with Crippen LogP contribution in [0, 0.1) is 0 Å². The summed E-state index contributed by atoms with van der Waals surface area (Å²) in [4.78, 5) is 20.9. The van der Waals surface area contributed by atoms with Gasteiger partial charge in [0.15, 0.2) is 0 Å². The minimum absolute atomic E-state index is 0.00475. The Kier molecular flexibility index (Phi) is 5.59. The zero-order valence-corrected chi connectivity index (χ0v) is 16.5. The molecule has 0 saturated carbocycles. The van der Waals surface area contributed by atoms with Crippen LogP contribution < -0.4 is 15.4 Å². The second-order valence-electron chi connectivity index (χ2n) is 7.39. The molecule has 0 bridgehead atoms. The Labute approximate surface area is 165 Å². The molecule has 3 aromatic rings. The van der Waals surface area contributed by atoms with Gasteiger partial charge in [-0.2, -0.15) is 0 Å². The van der Waals surface area contributed by atoms with E-state index < -0.39 is 0 Å². The van der Waals surface area contributed by atoms with Gasteiger partial charge < -0.3 is 15.4 Å². The number of anilines is 3. The van der Waals surface area contributed by atoms with Gasteiger partial charge in [0.1, 0.15) is 17.3 Å². The molecular weight excluding hydrogens is 352 g/mol. The van der Waals surface area contributed by atoms with Crippen molar-refractivity contribution < 1.29 is 9.53 Å². The van der Waals surface area contributed by atoms with Gasteiger partial charge in [0.2, 0.25) is 0 Å². The minimum atomic E-state index is -0.320. The van der Waals surface area contributed by atoms with E-state index in [2.05, 4.69) is 47.4 Å². The lowest BCUT2D eigenvalue weighted by molar-refractivity contribution is 0.102. The lowest BCUT2D eigenvalue weighted by atomic mass is 9.86. The molecule has 28 heavy (non-hydrogen) atoms. The molecule has 0 aliphatic rings. The van der Waals surface area contributed by atoms with Crippen LogP contribution in [-0.4, -0.2) is 23.0 Å². The van der Waals surface area contributed by atoms with Crippen LogP contribution in [0.15, 0.2) is 60.9 Å². The number of carbonyl (C=O) groups excluding carboxylic acids is 1. The average molecular weight is 376 g/mol. The van der Waals surface area contributed by atoms with Gasteiger partial charge in [0.05, 0.1) is 19.5 Å². The van der Waals surface area contributed by atoms with Gasteiger partial charge >= 0.3 is 0 Å². The van der Waals surface area contributed by atoms with Crippen LogP contribution in [0.2, 0.25) is 0 Å². The number of nitrogens with one attached hydrogen (secondary N) is 2. The first-order valence-corrected chi connectivity index (χ1v) is 9.01. The lowest BCUT2D eigenvalue weighted by Gasteiger charge is -2.23. The van der Waals surface area contributed by atoms with Crippen LogP contribution >= 0.6 is 0 Å². The lowest BCUT2D eigenvalue weighted by Crippen LogP contribution is -2.15. The van der Waals surface area contributed by atoms with E-state index in [1.54, 1.807) is 37.6 Å². The minimum Gasteiger partial charge on any atom is -0.497 e. The first kappa shape index (κ1) is 19.4. The number of carbonyl (C=O) groups is 1. The topological polar surface area (TPSA) is 76.1 Å². The SMILES string of the molecule is COc1ccc(NC(=O)c2cnc(Nc3ccccc3C(C)(C)C)cn2)cc1. The molecule has 0 aliphatic heterocycles. The Morgan fingerprint density at radius 2 is 1.68 bits per heavy atom. The monoisotopic (exact) mass is 376 g/mol. The summed E-state index contributed by atoms with van der Waals surface area (Å²) in [5.74, 6) is 0.987. The van der Waals surface area contributed by atoms with Crippen molar-refractivity contribution in [2.75, 3.05) is 17.7 Å². The normalized spacial score (nSPS) is 11.0. The highest BCUT2D eigenvalue weighted by Crippen LogP contribution is 2.30. The molecular formula is C22H24N4O2. The Balaban J connectivity index is 1.70. The van der Waals surface area contributed by atoms with Crippen LogP contribution in [0.25, 0.3) is 0 Å². The number of nitrogens with zero attached hydrogens (tertiary/aromatic N) is 2. The Morgan fingerprint density at radius 1 is 0.964 bits per heavy atom. The fraction of sp³-hybridized carbons (Fsp3) is 0.227. The van der Waals surface area contributed by atoms with E-state index in [1.807, 2.05) is 18.2 Å². The zero-order valence-electron chi connectivity index (χ0n) is 16.5. The molecule has 2 N–H and O–H groups in total. The number of aromatic nitrogens is 2. The second kappa shape index (κ2) is 8.08. The maximum Gasteiger partial charge on any atom is 0.275 e. The standard InChI is InChI=1S/C22H24N4O2/c1-22(2,3)17-7-5-6-8-18(17)26-20-14-23-19(13-24-20)21(27)25-15-9-11-16(28-4)12-10-15/h5-14H,1-4H3,(H,24,26)(H,25,27). The van der Waals surface area contributed by atoms with Gasteiger partial charge in [0, 0.05) is 11.4 Å². The summed E-state index contributed by atoms with van der Waals surface area (Å²) in [5.41, 5.74) is 3.05. The number of hydrogen-bond acceptors (Lipinski definition) is 5. The number of amides is 1.